The lowest BCUT2D eigenvalue weighted by molar-refractivity contribution is 1.02. The number of rotatable bonds is 4. The maximum atomic E-state index is 5.43. The molecule has 12 heavy (non-hydrogen) atoms. The molecule has 5 heteroatoms. The number of hydrogen-bond acceptors (Lipinski definition) is 5. The van der Waals surface area contributed by atoms with Gasteiger partial charge in [-0.15, -0.1) is 10.2 Å². The summed E-state index contributed by atoms with van der Waals surface area (Å²) in [6, 6.07) is 0. The molecule has 0 radical (unpaired) electrons. The van der Waals surface area contributed by atoms with Crippen LogP contribution in [0.4, 0.5) is 5.13 Å². The van der Waals surface area contributed by atoms with Gasteiger partial charge in [-0.2, -0.15) is 0 Å². The molecule has 1 heterocycles. The lowest BCUT2D eigenvalue weighted by Gasteiger charge is -1.96. The molecule has 1 rings (SSSR count). The van der Waals surface area contributed by atoms with E-state index in [2.05, 4.69) is 23.7 Å². The predicted molar refractivity (Wildman–Crippen MR) is 54.5 cm³/mol. The smallest absolute Gasteiger partial charge is 0.203 e. The monoisotopic (exact) mass is 201 g/mol. The van der Waals surface area contributed by atoms with Gasteiger partial charge in [0.05, 0.1) is 0 Å². The average Bonchev–Trinajstić information content (AvgIpc) is 2.47. The van der Waals surface area contributed by atoms with Crippen LogP contribution in [0.5, 0.6) is 0 Å². The van der Waals surface area contributed by atoms with E-state index >= 15 is 0 Å². The van der Waals surface area contributed by atoms with Crippen molar-refractivity contribution in [3.63, 3.8) is 0 Å². The molecule has 66 valence electrons. The quantitative estimate of drug-likeness (QED) is 0.599. The zero-order chi connectivity index (χ0) is 8.97. The molecule has 0 aliphatic heterocycles. The van der Waals surface area contributed by atoms with Crippen LogP contribution < -0.4 is 5.73 Å². The van der Waals surface area contributed by atoms with E-state index in [1.165, 1.54) is 16.9 Å². The molecule has 0 saturated carbocycles. The number of anilines is 1. The number of nitrogen functional groups attached to an aromatic ring is 1. The lowest BCUT2D eigenvalue weighted by atomic mass is 10.3. The van der Waals surface area contributed by atoms with Crippen molar-refractivity contribution in [3.05, 3.63) is 12.2 Å². The molecule has 0 atom stereocenters. The van der Waals surface area contributed by atoms with Gasteiger partial charge in [-0.05, 0) is 6.42 Å². The van der Waals surface area contributed by atoms with Crippen LogP contribution in [0.1, 0.15) is 13.3 Å². The molecular formula is C7H11N3S2. The molecular weight excluding hydrogens is 190 g/mol. The van der Waals surface area contributed by atoms with Crippen LogP contribution in [0.15, 0.2) is 16.5 Å². The summed E-state index contributed by atoms with van der Waals surface area (Å²) in [4.78, 5) is 0. The molecule has 0 amide bonds. The van der Waals surface area contributed by atoms with E-state index in [9.17, 15) is 0 Å². The molecule has 0 aliphatic carbocycles. The van der Waals surface area contributed by atoms with Gasteiger partial charge < -0.3 is 5.73 Å². The number of nitrogens with zero attached hydrogens (tertiary/aromatic N) is 2. The molecule has 0 aliphatic rings. The summed E-state index contributed by atoms with van der Waals surface area (Å²) in [5.74, 6) is 0.908. The molecule has 0 saturated heterocycles. The molecule has 1 aromatic heterocycles. The Balaban J connectivity index is 2.38. The molecule has 0 bridgehead atoms. The van der Waals surface area contributed by atoms with E-state index in [-0.39, 0.29) is 0 Å². The minimum atomic E-state index is 0.527. The molecule has 0 aromatic carbocycles. The van der Waals surface area contributed by atoms with E-state index < -0.39 is 0 Å². The normalized spacial score (nSPS) is 10.1. The molecule has 3 nitrogen and oxygen atoms in total. The van der Waals surface area contributed by atoms with Crippen LogP contribution in [-0.4, -0.2) is 16.0 Å². The number of aromatic nitrogens is 2. The van der Waals surface area contributed by atoms with Gasteiger partial charge in [0.25, 0.3) is 0 Å². The third-order valence-corrected chi connectivity index (χ3v) is 3.35. The largest absolute Gasteiger partial charge is 0.374 e. The van der Waals surface area contributed by atoms with Gasteiger partial charge in [0.1, 0.15) is 0 Å². The van der Waals surface area contributed by atoms with Crippen LogP contribution in [-0.2, 0) is 0 Å². The summed E-state index contributed by atoms with van der Waals surface area (Å²) in [5, 5.41) is 8.13. The van der Waals surface area contributed by atoms with Gasteiger partial charge in [0.15, 0.2) is 4.34 Å². The van der Waals surface area contributed by atoms with Crippen LogP contribution in [0.3, 0.4) is 0 Å². The Hall–Kier alpha value is -0.550. The molecule has 0 fully saturated rings. The van der Waals surface area contributed by atoms with E-state index in [0.717, 1.165) is 16.5 Å². The highest BCUT2D eigenvalue weighted by molar-refractivity contribution is 8.01. The van der Waals surface area contributed by atoms with Crippen molar-refractivity contribution in [3.8, 4) is 0 Å². The first kappa shape index (κ1) is 9.54. The van der Waals surface area contributed by atoms with Crippen molar-refractivity contribution >= 4 is 28.2 Å². The van der Waals surface area contributed by atoms with Crippen molar-refractivity contribution in [2.24, 2.45) is 0 Å². The fourth-order valence-electron chi connectivity index (χ4n) is 0.545. The highest BCUT2D eigenvalue weighted by atomic mass is 32.2. The van der Waals surface area contributed by atoms with Crippen molar-refractivity contribution in [1.82, 2.24) is 10.2 Å². The summed E-state index contributed by atoms with van der Waals surface area (Å²) < 4.78 is 0.919. The second-order valence-corrected chi connectivity index (χ2v) is 4.53. The van der Waals surface area contributed by atoms with E-state index in [4.69, 9.17) is 5.73 Å². The Kier molecular flexibility index (Phi) is 3.55. The SMILES string of the molecule is C=C(CC)CSc1nnc(N)s1. The van der Waals surface area contributed by atoms with Crippen LogP contribution >= 0.6 is 23.1 Å². The zero-order valence-electron chi connectivity index (χ0n) is 6.91. The minimum Gasteiger partial charge on any atom is -0.374 e. The molecule has 0 spiro atoms. The van der Waals surface area contributed by atoms with Gasteiger partial charge in [-0.25, -0.2) is 0 Å². The third kappa shape index (κ3) is 2.83. The Labute approximate surface area is 80.1 Å². The standard InChI is InChI=1S/C7H11N3S2/c1-3-5(2)4-11-7-10-9-6(8)12-7/h2-4H2,1H3,(H2,8,9). The first-order chi connectivity index (χ1) is 5.72. The van der Waals surface area contributed by atoms with E-state index in [0.29, 0.717) is 5.13 Å². The van der Waals surface area contributed by atoms with Crippen molar-refractivity contribution < 1.29 is 0 Å². The zero-order valence-corrected chi connectivity index (χ0v) is 8.54. The average molecular weight is 201 g/mol. The second kappa shape index (κ2) is 4.47. The molecule has 2 N–H and O–H groups in total. The third-order valence-electron chi connectivity index (χ3n) is 1.32. The van der Waals surface area contributed by atoms with E-state index in [1.807, 2.05) is 0 Å². The van der Waals surface area contributed by atoms with Crippen LogP contribution in [0.25, 0.3) is 0 Å². The fourth-order valence-corrected chi connectivity index (χ4v) is 2.19. The number of nitrogens with two attached hydrogens (primary N) is 1. The Morgan fingerprint density at radius 1 is 1.67 bits per heavy atom. The summed E-state index contributed by atoms with van der Waals surface area (Å²) in [5.41, 5.74) is 6.64. The summed E-state index contributed by atoms with van der Waals surface area (Å²) >= 11 is 3.06. The molecule has 0 unspecified atom stereocenters. The minimum absolute atomic E-state index is 0.527. The van der Waals surface area contributed by atoms with Gasteiger partial charge in [-0.1, -0.05) is 42.2 Å². The highest BCUT2D eigenvalue weighted by Gasteiger charge is 2.01. The van der Waals surface area contributed by atoms with Crippen molar-refractivity contribution in [1.29, 1.82) is 0 Å². The predicted octanol–water partition coefficient (Wildman–Crippen LogP) is 2.18. The van der Waals surface area contributed by atoms with Gasteiger partial charge in [0.2, 0.25) is 5.13 Å². The maximum Gasteiger partial charge on any atom is 0.203 e. The van der Waals surface area contributed by atoms with Crippen molar-refractivity contribution in [2.45, 2.75) is 17.7 Å². The highest BCUT2D eigenvalue weighted by Crippen LogP contribution is 2.25. The van der Waals surface area contributed by atoms with Crippen LogP contribution in [0.2, 0.25) is 0 Å². The van der Waals surface area contributed by atoms with Gasteiger partial charge in [-0.3, -0.25) is 0 Å². The maximum absolute atomic E-state index is 5.43. The second-order valence-electron chi connectivity index (χ2n) is 2.30. The summed E-state index contributed by atoms with van der Waals surface area (Å²) in [7, 11) is 0. The fraction of sp³-hybridized carbons (Fsp3) is 0.429. The van der Waals surface area contributed by atoms with E-state index in [1.54, 1.807) is 11.8 Å². The Morgan fingerprint density at radius 3 is 2.92 bits per heavy atom. The Bertz CT molecular complexity index is 269. The van der Waals surface area contributed by atoms with Gasteiger partial charge >= 0.3 is 0 Å². The van der Waals surface area contributed by atoms with Crippen molar-refractivity contribution in [2.75, 3.05) is 11.5 Å². The lowest BCUT2D eigenvalue weighted by Crippen LogP contribution is -1.82. The Morgan fingerprint density at radius 2 is 2.42 bits per heavy atom. The van der Waals surface area contributed by atoms with Gasteiger partial charge in [0, 0.05) is 5.75 Å². The first-order valence-corrected chi connectivity index (χ1v) is 5.41. The molecule has 1 aromatic rings. The topological polar surface area (TPSA) is 51.8 Å². The van der Waals surface area contributed by atoms with Crippen LogP contribution in [0, 0.1) is 0 Å². The summed E-state index contributed by atoms with van der Waals surface area (Å²) in [6.07, 6.45) is 1.02. The first-order valence-electron chi connectivity index (χ1n) is 3.60. The summed E-state index contributed by atoms with van der Waals surface area (Å²) in [6.45, 7) is 5.99. The number of thioether (sulfide) groups is 1. The number of hydrogen-bond donors (Lipinski definition) is 1.